The monoisotopic (exact) mass is 491 g/mol. The standard InChI is InChI=1S/C28H37N5O3/c1-3-19(2)26(34)32-25(20-10-5-4-6-11-20)28(36)33-15-9-14-24(33)27(35)31-23-13-8-7-12-22(23)21-16-29-18-30-17-21/h7-8,12-13,16-20,24-25H,3-6,9-11,14-15H2,1-2H3,(H,31,35)(H,32,34)/t19-,24+,25+/m1/s1. The molecule has 0 spiro atoms. The lowest BCUT2D eigenvalue weighted by Gasteiger charge is -2.35. The van der Waals surface area contributed by atoms with Gasteiger partial charge in [-0.25, -0.2) is 9.97 Å². The number of para-hydroxylation sites is 1. The number of hydrogen-bond acceptors (Lipinski definition) is 5. The number of amides is 3. The molecule has 2 heterocycles. The fraction of sp³-hybridized carbons (Fsp3) is 0.536. The van der Waals surface area contributed by atoms with E-state index in [0.717, 1.165) is 56.1 Å². The quantitative estimate of drug-likeness (QED) is 0.576. The fourth-order valence-corrected chi connectivity index (χ4v) is 5.31. The Labute approximate surface area is 213 Å². The van der Waals surface area contributed by atoms with Gasteiger partial charge in [0.15, 0.2) is 0 Å². The van der Waals surface area contributed by atoms with Crippen LogP contribution in [-0.2, 0) is 14.4 Å². The second-order valence-corrected chi connectivity index (χ2v) is 10.0. The zero-order chi connectivity index (χ0) is 25.5. The number of aromatic nitrogens is 2. The normalized spacial score (nSPS) is 19.9. The predicted octanol–water partition coefficient (Wildman–Crippen LogP) is 4.18. The molecule has 192 valence electrons. The summed E-state index contributed by atoms with van der Waals surface area (Å²) in [5, 5.41) is 6.12. The van der Waals surface area contributed by atoms with Crippen LogP contribution >= 0.6 is 0 Å². The molecule has 0 radical (unpaired) electrons. The van der Waals surface area contributed by atoms with Crippen molar-refractivity contribution in [1.82, 2.24) is 20.2 Å². The van der Waals surface area contributed by atoms with Gasteiger partial charge < -0.3 is 15.5 Å². The summed E-state index contributed by atoms with van der Waals surface area (Å²) in [5.74, 6) is -0.454. The average molecular weight is 492 g/mol. The van der Waals surface area contributed by atoms with Crippen LogP contribution in [0.1, 0.15) is 65.2 Å². The Balaban J connectivity index is 1.52. The summed E-state index contributed by atoms with van der Waals surface area (Å²) in [6.45, 7) is 4.38. The van der Waals surface area contributed by atoms with Gasteiger partial charge in [0.1, 0.15) is 18.4 Å². The maximum atomic E-state index is 13.9. The topological polar surface area (TPSA) is 104 Å². The van der Waals surface area contributed by atoms with Crippen LogP contribution in [0.3, 0.4) is 0 Å². The van der Waals surface area contributed by atoms with Crippen LogP contribution < -0.4 is 10.6 Å². The van der Waals surface area contributed by atoms with Crippen molar-refractivity contribution in [1.29, 1.82) is 0 Å². The summed E-state index contributed by atoms with van der Waals surface area (Å²) >= 11 is 0. The summed E-state index contributed by atoms with van der Waals surface area (Å²) in [4.78, 5) is 50.0. The van der Waals surface area contributed by atoms with Crippen LogP contribution in [0.25, 0.3) is 11.1 Å². The van der Waals surface area contributed by atoms with Crippen LogP contribution in [0.15, 0.2) is 43.0 Å². The minimum atomic E-state index is -0.575. The summed E-state index contributed by atoms with van der Waals surface area (Å²) in [5.41, 5.74) is 2.28. The Kier molecular flexibility index (Phi) is 8.67. The van der Waals surface area contributed by atoms with Crippen molar-refractivity contribution in [3.8, 4) is 11.1 Å². The van der Waals surface area contributed by atoms with Crippen molar-refractivity contribution in [3.63, 3.8) is 0 Å². The average Bonchev–Trinajstić information content (AvgIpc) is 3.42. The number of nitrogens with zero attached hydrogens (tertiary/aromatic N) is 3. The molecule has 8 heteroatoms. The molecule has 1 saturated heterocycles. The molecule has 3 amide bonds. The SMILES string of the molecule is CC[C@@H](C)C(=O)N[C@H](C(=O)N1CCC[C@H]1C(=O)Nc1ccccc1-c1cncnc1)C1CCCCC1. The van der Waals surface area contributed by atoms with Crippen molar-refractivity contribution in [2.45, 2.75) is 77.3 Å². The molecule has 0 unspecified atom stereocenters. The van der Waals surface area contributed by atoms with E-state index in [-0.39, 0.29) is 29.6 Å². The first kappa shape index (κ1) is 25.8. The van der Waals surface area contributed by atoms with Crippen LogP contribution in [0.2, 0.25) is 0 Å². The molecular formula is C28H37N5O3. The molecule has 4 rings (SSSR count). The van der Waals surface area contributed by atoms with Gasteiger partial charge in [0.2, 0.25) is 17.7 Å². The Morgan fingerprint density at radius 3 is 2.47 bits per heavy atom. The number of likely N-dealkylation sites (tertiary alicyclic amines) is 1. The minimum absolute atomic E-state index is 0.0828. The number of carbonyl (C=O) groups excluding carboxylic acids is 3. The molecule has 3 atom stereocenters. The van der Waals surface area contributed by atoms with Crippen molar-refractivity contribution < 1.29 is 14.4 Å². The van der Waals surface area contributed by atoms with E-state index in [0.29, 0.717) is 18.7 Å². The number of nitrogens with one attached hydrogen (secondary N) is 2. The molecular weight excluding hydrogens is 454 g/mol. The van der Waals surface area contributed by atoms with Crippen molar-refractivity contribution in [3.05, 3.63) is 43.0 Å². The Morgan fingerprint density at radius 1 is 1.03 bits per heavy atom. The minimum Gasteiger partial charge on any atom is -0.344 e. The Bertz CT molecular complexity index is 1050. The molecule has 2 fully saturated rings. The molecule has 1 aliphatic heterocycles. The zero-order valence-corrected chi connectivity index (χ0v) is 21.3. The highest BCUT2D eigenvalue weighted by molar-refractivity contribution is 6.01. The molecule has 1 aromatic heterocycles. The number of carbonyl (C=O) groups is 3. The lowest BCUT2D eigenvalue weighted by Crippen LogP contribution is -2.56. The van der Waals surface area contributed by atoms with Crippen LogP contribution in [-0.4, -0.2) is 51.2 Å². The molecule has 2 N–H and O–H groups in total. The van der Waals surface area contributed by atoms with Gasteiger partial charge in [-0.05, 0) is 44.1 Å². The lowest BCUT2D eigenvalue weighted by molar-refractivity contribution is -0.142. The van der Waals surface area contributed by atoms with Gasteiger partial charge in [-0.2, -0.15) is 0 Å². The maximum absolute atomic E-state index is 13.9. The van der Waals surface area contributed by atoms with E-state index in [2.05, 4.69) is 20.6 Å². The van der Waals surface area contributed by atoms with Gasteiger partial charge in [-0.15, -0.1) is 0 Å². The molecule has 2 aliphatic rings. The largest absolute Gasteiger partial charge is 0.344 e. The summed E-state index contributed by atoms with van der Waals surface area (Å²) in [7, 11) is 0. The highest BCUT2D eigenvalue weighted by atomic mass is 16.2. The van der Waals surface area contributed by atoms with Crippen molar-refractivity contribution in [2.24, 2.45) is 11.8 Å². The van der Waals surface area contributed by atoms with Crippen molar-refractivity contribution >= 4 is 23.4 Å². The summed E-state index contributed by atoms with van der Waals surface area (Å²) in [6, 6.07) is 6.38. The lowest BCUT2D eigenvalue weighted by atomic mass is 9.83. The fourth-order valence-electron chi connectivity index (χ4n) is 5.31. The van der Waals surface area contributed by atoms with E-state index in [1.54, 1.807) is 17.3 Å². The van der Waals surface area contributed by atoms with Gasteiger partial charge in [-0.3, -0.25) is 14.4 Å². The van der Waals surface area contributed by atoms with E-state index in [1.807, 2.05) is 38.1 Å². The molecule has 1 aromatic carbocycles. The number of anilines is 1. The first-order valence-electron chi connectivity index (χ1n) is 13.3. The van der Waals surface area contributed by atoms with E-state index in [4.69, 9.17) is 0 Å². The third kappa shape index (κ3) is 5.91. The van der Waals surface area contributed by atoms with Gasteiger partial charge in [0.25, 0.3) is 0 Å². The second-order valence-electron chi connectivity index (χ2n) is 10.0. The number of benzene rings is 1. The van der Waals surface area contributed by atoms with E-state index >= 15 is 0 Å². The molecule has 36 heavy (non-hydrogen) atoms. The molecule has 1 aliphatic carbocycles. The summed E-state index contributed by atoms with van der Waals surface area (Å²) < 4.78 is 0. The van der Waals surface area contributed by atoms with Crippen molar-refractivity contribution in [2.75, 3.05) is 11.9 Å². The first-order chi connectivity index (χ1) is 17.5. The van der Waals surface area contributed by atoms with Crippen LogP contribution in [0, 0.1) is 11.8 Å². The molecule has 2 aromatic rings. The molecule has 0 bridgehead atoms. The predicted molar refractivity (Wildman–Crippen MR) is 139 cm³/mol. The zero-order valence-electron chi connectivity index (χ0n) is 21.3. The highest BCUT2D eigenvalue weighted by Gasteiger charge is 2.41. The van der Waals surface area contributed by atoms with Gasteiger partial charge in [0, 0.05) is 41.7 Å². The maximum Gasteiger partial charge on any atom is 0.247 e. The summed E-state index contributed by atoms with van der Waals surface area (Å²) in [6.07, 6.45) is 12.1. The highest BCUT2D eigenvalue weighted by Crippen LogP contribution is 2.31. The van der Waals surface area contributed by atoms with Crippen LogP contribution in [0.5, 0.6) is 0 Å². The van der Waals surface area contributed by atoms with Gasteiger partial charge in [0.05, 0.1) is 0 Å². The third-order valence-corrected chi connectivity index (χ3v) is 7.64. The van der Waals surface area contributed by atoms with Gasteiger partial charge >= 0.3 is 0 Å². The van der Waals surface area contributed by atoms with Crippen LogP contribution in [0.4, 0.5) is 5.69 Å². The number of rotatable bonds is 8. The first-order valence-corrected chi connectivity index (χ1v) is 13.3. The third-order valence-electron chi connectivity index (χ3n) is 7.64. The van der Waals surface area contributed by atoms with E-state index in [9.17, 15) is 14.4 Å². The Hall–Kier alpha value is -3.29. The van der Waals surface area contributed by atoms with Gasteiger partial charge in [-0.1, -0.05) is 51.3 Å². The Morgan fingerprint density at radius 2 is 1.75 bits per heavy atom. The molecule has 1 saturated carbocycles. The van der Waals surface area contributed by atoms with E-state index in [1.165, 1.54) is 6.33 Å². The molecule has 8 nitrogen and oxygen atoms in total. The number of hydrogen-bond donors (Lipinski definition) is 2. The second kappa shape index (κ2) is 12.1. The van der Waals surface area contributed by atoms with E-state index < -0.39 is 12.1 Å². The smallest absolute Gasteiger partial charge is 0.247 e.